The van der Waals surface area contributed by atoms with Crippen LogP contribution < -0.4 is 0 Å². The van der Waals surface area contributed by atoms with Gasteiger partial charge in [-0.2, -0.15) is 0 Å². The third-order valence-corrected chi connectivity index (χ3v) is 3.44. The van der Waals surface area contributed by atoms with Crippen molar-refractivity contribution in [3.05, 3.63) is 78.6 Å². The van der Waals surface area contributed by atoms with Gasteiger partial charge in [-0.15, -0.1) is 0 Å². The Hall–Kier alpha value is -3.47. The van der Waals surface area contributed by atoms with Crippen LogP contribution in [0, 0.1) is 0 Å². The molecule has 5 nitrogen and oxygen atoms in total. The summed E-state index contributed by atoms with van der Waals surface area (Å²) in [6.07, 6.45) is 3.60. The zero-order valence-corrected chi connectivity index (χ0v) is 12.6. The zero-order chi connectivity index (χ0) is 16.9. The molecule has 2 heterocycles. The van der Waals surface area contributed by atoms with E-state index >= 15 is 0 Å². The molecule has 0 saturated heterocycles. The van der Waals surface area contributed by atoms with Gasteiger partial charge in [-0.05, 0) is 30.3 Å². The van der Waals surface area contributed by atoms with Crippen LogP contribution in [0.4, 0.5) is 0 Å². The van der Waals surface area contributed by atoms with E-state index in [0.717, 1.165) is 21.8 Å². The molecule has 0 fully saturated rings. The van der Waals surface area contributed by atoms with Crippen molar-refractivity contribution in [1.29, 1.82) is 0 Å². The summed E-state index contributed by atoms with van der Waals surface area (Å²) in [6.45, 7) is 0. The predicted molar refractivity (Wildman–Crippen MR) is 92.1 cm³/mol. The third kappa shape index (κ3) is 3.30. The van der Waals surface area contributed by atoms with Crippen molar-refractivity contribution < 1.29 is 15.0 Å². The summed E-state index contributed by atoms with van der Waals surface area (Å²) in [5, 5.41) is 19.5. The molecular formula is C19H14N2O3. The Morgan fingerprint density at radius 1 is 0.792 bits per heavy atom. The average molecular weight is 318 g/mol. The lowest BCUT2D eigenvalue weighted by atomic mass is 10.1. The van der Waals surface area contributed by atoms with Gasteiger partial charge in [0.1, 0.15) is 5.75 Å². The summed E-state index contributed by atoms with van der Waals surface area (Å²) in [6, 6.07) is 17.7. The van der Waals surface area contributed by atoms with Crippen LogP contribution in [0.15, 0.2) is 73.1 Å². The molecule has 2 aromatic heterocycles. The largest absolute Gasteiger partial charge is 0.508 e. The van der Waals surface area contributed by atoms with Crippen LogP contribution in [0.25, 0.3) is 21.8 Å². The second-order valence-electron chi connectivity index (χ2n) is 5.07. The van der Waals surface area contributed by atoms with Gasteiger partial charge < -0.3 is 10.2 Å². The molecule has 0 amide bonds. The van der Waals surface area contributed by atoms with E-state index in [1.807, 2.05) is 12.1 Å². The average Bonchev–Trinajstić information content (AvgIpc) is 2.62. The van der Waals surface area contributed by atoms with E-state index in [2.05, 4.69) is 34.2 Å². The fourth-order valence-corrected chi connectivity index (χ4v) is 2.32. The third-order valence-electron chi connectivity index (χ3n) is 3.44. The molecule has 0 atom stereocenters. The molecule has 5 heteroatoms. The number of aromatic carboxylic acids is 1. The second-order valence-corrected chi connectivity index (χ2v) is 5.07. The van der Waals surface area contributed by atoms with E-state index in [9.17, 15) is 4.79 Å². The SMILES string of the molecule is O=C(O)c1cccc(O)c1.c1cnc2c(c1)ccc1cccnc12. The van der Waals surface area contributed by atoms with Crippen molar-refractivity contribution in [1.82, 2.24) is 9.97 Å². The van der Waals surface area contributed by atoms with E-state index in [0.29, 0.717) is 0 Å². The number of carboxylic acid groups (broad SMARTS) is 1. The summed E-state index contributed by atoms with van der Waals surface area (Å²) < 4.78 is 0. The smallest absolute Gasteiger partial charge is 0.335 e. The number of aromatic hydroxyl groups is 1. The Bertz CT molecular complexity index is 960. The molecule has 0 saturated carbocycles. The lowest BCUT2D eigenvalue weighted by Crippen LogP contribution is -1.94. The van der Waals surface area contributed by atoms with Crippen molar-refractivity contribution in [3.8, 4) is 5.75 Å². The highest BCUT2D eigenvalue weighted by Crippen LogP contribution is 2.20. The number of benzene rings is 2. The molecule has 0 bridgehead atoms. The van der Waals surface area contributed by atoms with Crippen LogP contribution in [0.2, 0.25) is 0 Å². The Morgan fingerprint density at radius 3 is 1.83 bits per heavy atom. The first-order valence-corrected chi connectivity index (χ1v) is 7.26. The van der Waals surface area contributed by atoms with E-state index in [1.54, 1.807) is 12.4 Å². The van der Waals surface area contributed by atoms with Crippen LogP contribution in [0.1, 0.15) is 10.4 Å². The number of hydrogen-bond donors (Lipinski definition) is 2. The van der Waals surface area contributed by atoms with Gasteiger partial charge in [0, 0.05) is 23.2 Å². The van der Waals surface area contributed by atoms with Gasteiger partial charge in [0.25, 0.3) is 0 Å². The first-order valence-electron chi connectivity index (χ1n) is 7.26. The first kappa shape index (κ1) is 15.4. The second kappa shape index (κ2) is 6.75. The number of carbonyl (C=O) groups is 1. The van der Waals surface area contributed by atoms with Crippen molar-refractivity contribution in [2.75, 3.05) is 0 Å². The highest BCUT2D eigenvalue weighted by molar-refractivity contribution is 6.02. The minimum absolute atomic E-state index is 0.0279. The lowest BCUT2D eigenvalue weighted by molar-refractivity contribution is 0.0696. The van der Waals surface area contributed by atoms with Gasteiger partial charge in [0.2, 0.25) is 0 Å². The highest BCUT2D eigenvalue weighted by Gasteiger charge is 2.01. The minimum Gasteiger partial charge on any atom is -0.508 e. The number of nitrogens with zero attached hydrogens (tertiary/aromatic N) is 2. The van der Waals surface area contributed by atoms with Crippen molar-refractivity contribution >= 4 is 27.8 Å². The van der Waals surface area contributed by atoms with Crippen LogP contribution >= 0.6 is 0 Å². The summed E-state index contributed by atoms with van der Waals surface area (Å²) in [5.41, 5.74) is 2.05. The summed E-state index contributed by atoms with van der Waals surface area (Å²) in [4.78, 5) is 18.9. The molecule has 0 aliphatic heterocycles. The molecule has 0 aliphatic rings. The van der Waals surface area contributed by atoms with Crippen LogP contribution in [0.5, 0.6) is 5.75 Å². The van der Waals surface area contributed by atoms with E-state index in [-0.39, 0.29) is 11.3 Å². The number of phenols is 1. The summed E-state index contributed by atoms with van der Waals surface area (Å²) in [7, 11) is 0. The fraction of sp³-hybridized carbons (Fsp3) is 0. The van der Waals surface area contributed by atoms with Gasteiger partial charge in [0.15, 0.2) is 0 Å². The fourth-order valence-electron chi connectivity index (χ4n) is 2.32. The number of rotatable bonds is 1. The van der Waals surface area contributed by atoms with E-state index < -0.39 is 5.97 Å². The molecular weight excluding hydrogens is 304 g/mol. The minimum atomic E-state index is -1.03. The Morgan fingerprint density at radius 2 is 1.38 bits per heavy atom. The van der Waals surface area contributed by atoms with E-state index in [4.69, 9.17) is 10.2 Å². The number of pyridine rings is 2. The molecule has 4 aromatic rings. The molecule has 0 spiro atoms. The predicted octanol–water partition coefficient (Wildman–Crippen LogP) is 3.87. The first-order chi connectivity index (χ1) is 11.6. The number of fused-ring (bicyclic) bond motifs is 3. The molecule has 24 heavy (non-hydrogen) atoms. The quantitative estimate of drug-likeness (QED) is 0.520. The molecule has 2 N–H and O–H groups in total. The molecule has 0 unspecified atom stereocenters. The van der Waals surface area contributed by atoms with Crippen molar-refractivity contribution in [2.45, 2.75) is 0 Å². The maximum Gasteiger partial charge on any atom is 0.335 e. The summed E-state index contributed by atoms with van der Waals surface area (Å²) in [5.74, 6) is -1.06. The zero-order valence-electron chi connectivity index (χ0n) is 12.6. The standard InChI is InChI=1S/C12H8N2.C7H6O3/c1-3-9-5-6-10-4-2-8-14-12(10)11(9)13-7-1;8-6-3-1-2-5(4-6)7(9)10/h1-8H;1-4,8H,(H,9,10). The van der Waals surface area contributed by atoms with Gasteiger partial charge in [-0.3, -0.25) is 9.97 Å². The number of aromatic nitrogens is 2. The number of phenolic OH excluding ortho intramolecular Hbond substituents is 1. The van der Waals surface area contributed by atoms with E-state index in [1.165, 1.54) is 24.3 Å². The van der Waals surface area contributed by atoms with Gasteiger partial charge >= 0.3 is 5.97 Å². The van der Waals surface area contributed by atoms with Crippen molar-refractivity contribution in [3.63, 3.8) is 0 Å². The topological polar surface area (TPSA) is 83.3 Å². The van der Waals surface area contributed by atoms with Crippen LogP contribution in [0.3, 0.4) is 0 Å². The van der Waals surface area contributed by atoms with Gasteiger partial charge in [-0.25, -0.2) is 4.79 Å². The Kier molecular flexibility index (Phi) is 4.34. The maximum atomic E-state index is 10.2. The Labute approximate surface area is 137 Å². The molecule has 118 valence electrons. The van der Waals surface area contributed by atoms with Crippen molar-refractivity contribution in [2.24, 2.45) is 0 Å². The van der Waals surface area contributed by atoms with Gasteiger partial charge in [0.05, 0.1) is 16.6 Å². The highest BCUT2D eigenvalue weighted by atomic mass is 16.4. The Balaban J connectivity index is 0.000000150. The molecule has 0 radical (unpaired) electrons. The summed E-state index contributed by atoms with van der Waals surface area (Å²) >= 11 is 0. The van der Waals surface area contributed by atoms with Crippen LogP contribution in [-0.2, 0) is 0 Å². The van der Waals surface area contributed by atoms with Gasteiger partial charge in [-0.1, -0.05) is 30.3 Å². The monoisotopic (exact) mass is 318 g/mol. The normalized spacial score (nSPS) is 10.2. The number of carboxylic acids is 1. The number of hydrogen-bond acceptors (Lipinski definition) is 4. The molecule has 2 aromatic carbocycles. The molecule has 4 rings (SSSR count). The lowest BCUT2D eigenvalue weighted by Gasteiger charge is -2.00. The van der Waals surface area contributed by atoms with Crippen LogP contribution in [-0.4, -0.2) is 26.2 Å². The molecule has 0 aliphatic carbocycles. The maximum absolute atomic E-state index is 10.2.